The van der Waals surface area contributed by atoms with E-state index >= 15 is 0 Å². The molecule has 0 rings (SSSR count). The molecule has 0 saturated heterocycles. The first-order chi connectivity index (χ1) is 9.20. The topological polar surface area (TPSA) is 156 Å². The van der Waals surface area contributed by atoms with Crippen LogP contribution in [0.1, 0.15) is 0 Å². The van der Waals surface area contributed by atoms with Gasteiger partial charge in [-0.05, 0) is 0 Å². The van der Waals surface area contributed by atoms with Gasteiger partial charge < -0.3 is 20.4 Å². The van der Waals surface area contributed by atoms with Crippen molar-refractivity contribution in [3.05, 3.63) is 0 Å². The monoisotopic (exact) mass is 332 g/mol. The molecule has 0 atom stereocenters. The van der Waals surface area contributed by atoms with E-state index in [0.717, 1.165) is 9.80 Å². The number of carboxylic acids is 4. The maximum absolute atomic E-state index is 10.6. The summed E-state index contributed by atoms with van der Waals surface area (Å²) in [5.74, 6) is -4.91. The Labute approximate surface area is 149 Å². The van der Waals surface area contributed by atoms with Crippen LogP contribution in [0.2, 0.25) is 0 Å². The van der Waals surface area contributed by atoms with E-state index in [1.807, 2.05) is 0 Å². The molecule has 21 heavy (non-hydrogen) atoms. The molecule has 0 aliphatic carbocycles. The van der Waals surface area contributed by atoms with Gasteiger partial charge in [-0.15, -0.1) is 0 Å². The first-order valence-corrected chi connectivity index (χ1v) is 5.52. The van der Waals surface area contributed by atoms with E-state index < -0.39 is 50.1 Å². The van der Waals surface area contributed by atoms with E-state index in [2.05, 4.69) is 0 Å². The van der Waals surface area contributed by atoms with Crippen molar-refractivity contribution < 1.29 is 39.6 Å². The zero-order valence-corrected chi connectivity index (χ0v) is 13.5. The van der Waals surface area contributed by atoms with Gasteiger partial charge >= 0.3 is 23.9 Å². The van der Waals surface area contributed by atoms with Crippen molar-refractivity contribution in [2.45, 2.75) is 0 Å². The molecule has 0 aromatic heterocycles. The minimum absolute atomic E-state index is 0. The van der Waals surface area contributed by atoms with Crippen molar-refractivity contribution in [3.8, 4) is 0 Å². The van der Waals surface area contributed by atoms with Crippen LogP contribution in [0.4, 0.5) is 0 Å². The molecular weight excluding hydrogens is 316 g/mol. The fraction of sp³-hybridized carbons (Fsp3) is 0.600. The number of carbonyl (C=O) groups is 4. The summed E-state index contributed by atoms with van der Waals surface area (Å²) in [7, 11) is 0. The first-order valence-electron chi connectivity index (χ1n) is 5.52. The molecule has 0 saturated carbocycles. The third-order valence-corrected chi connectivity index (χ3v) is 2.17. The average Bonchev–Trinajstić information content (AvgIpc) is 2.22. The number of nitrogens with zero attached hydrogens (tertiary/aromatic N) is 2. The summed E-state index contributed by atoms with van der Waals surface area (Å²) in [6.07, 6.45) is 0. The van der Waals surface area contributed by atoms with Crippen LogP contribution in [-0.2, 0) is 19.2 Å². The maximum Gasteiger partial charge on any atom is 0.317 e. The van der Waals surface area contributed by atoms with Gasteiger partial charge in [0.25, 0.3) is 0 Å². The Balaban J connectivity index is 0. The van der Waals surface area contributed by atoms with Gasteiger partial charge in [0.05, 0.1) is 26.2 Å². The number of carboxylic acid groups (broad SMARTS) is 4. The van der Waals surface area contributed by atoms with Crippen LogP contribution < -0.4 is 0 Å². The van der Waals surface area contributed by atoms with Gasteiger partial charge in [-0.3, -0.25) is 29.0 Å². The molecular formula is C10H16CaN2O8. The molecule has 4 N–H and O–H groups in total. The molecule has 0 spiro atoms. The van der Waals surface area contributed by atoms with E-state index in [4.69, 9.17) is 20.4 Å². The predicted molar refractivity (Wildman–Crippen MR) is 69.2 cm³/mol. The molecule has 11 heteroatoms. The Morgan fingerprint density at radius 2 is 0.762 bits per heavy atom. The van der Waals surface area contributed by atoms with Crippen molar-refractivity contribution in [3.63, 3.8) is 0 Å². The Kier molecular flexibility index (Phi) is 12.4. The Hall–Kier alpha value is -0.940. The summed E-state index contributed by atoms with van der Waals surface area (Å²) in [5.41, 5.74) is 0. The molecule has 116 valence electrons. The van der Waals surface area contributed by atoms with Gasteiger partial charge in [0, 0.05) is 50.8 Å². The summed E-state index contributed by atoms with van der Waals surface area (Å²) in [6, 6.07) is 0. The third kappa shape index (κ3) is 13.8. The molecule has 0 unspecified atom stereocenters. The van der Waals surface area contributed by atoms with Crippen LogP contribution in [0.15, 0.2) is 0 Å². The summed E-state index contributed by atoms with van der Waals surface area (Å²) < 4.78 is 0. The van der Waals surface area contributed by atoms with Crippen LogP contribution in [0.5, 0.6) is 0 Å². The zero-order valence-electron chi connectivity index (χ0n) is 11.3. The van der Waals surface area contributed by atoms with E-state index in [0.29, 0.717) is 0 Å². The number of hydrogen-bond acceptors (Lipinski definition) is 6. The van der Waals surface area contributed by atoms with Gasteiger partial charge in [-0.2, -0.15) is 0 Å². The van der Waals surface area contributed by atoms with Gasteiger partial charge in [0.2, 0.25) is 0 Å². The smallest absolute Gasteiger partial charge is 0.317 e. The Morgan fingerprint density at radius 1 is 0.571 bits per heavy atom. The normalized spacial score (nSPS) is 10.2. The maximum atomic E-state index is 10.6. The summed E-state index contributed by atoms with van der Waals surface area (Å²) >= 11 is 0. The zero-order chi connectivity index (χ0) is 15.7. The second kappa shape index (κ2) is 11.7. The molecule has 0 bridgehead atoms. The molecule has 10 nitrogen and oxygen atoms in total. The van der Waals surface area contributed by atoms with Gasteiger partial charge in [0.15, 0.2) is 0 Å². The predicted octanol–water partition coefficient (Wildman–Crippen LogP) is -2.45. The van der Waals surface area contributed by atoms with Crippen molar-refractivity contribution >= 4 is 61.6 Å². The van der Waals surface area contributed by atoms with Crippen LogP contribution >= 0.6 is 0 Å². The van der Waals surface area contributed by atoms with Crippen LogP contribution in [0, 0.1) is 0 Å². The van der Waals surface area contributed by atoms with Crippen molar-refractivity contribution in [2.75, 3.05) is 39.3 Å². The fourth-order valence-corrected chi connectivity index (χ4v) is 1.48. The van der Waals surface area contributed by atoms with Crippen LogP contribution in [-0.4, -0.2) is 131 Å². The average molecular weight is 332 g/mol. The van der Waals surface area contributed by atoms with Crippen LogP contribution in [0.3, 0.4) is 0 Å². The molecule has 0 aliphatic heterocycles. The minimum atomic E-state index is -1.23. The Bertz CT molecular complexity index is 321. The molecule has 0 amide bonds. The number of aliphatic carboxylic acids is 4. The van der Waals surface area contributed by atoms with Crippen molar-refractivity contribution in [1.29, 1.82) is 0 Å². The minimum Gasteiger partial charge on any atom is -0.480 e. The molecule has 2 radical (unpaired) electrons. The van der Waals surface area contributed by atoms with E-state index in [1.165, 1.54) is 0 Å². The Morgan fingerprint density at radius 3 is 0.905 bits per heavy atom. The van der Waals surface area contributed by atoms with Crippen molar-refractivity contribution in [2.24, 2.45) is 0 Å². The molecule has 0 aliphatic rings. The second-order valence-electron chi connectivity index (χ2n) is 4.00. The standard InChI is InChI=1S/C10H16N2O8.Ca/c13-7(14)3-11(4-8(15)16)1-2-12(5-9(17)18)6-10(19)20;/h1-6H2,(H,13,14)(H,15,16)(H,17,18)(H,19,20);. The van der Waals surface area contributed by atoms with Gasteiger partial charge in [-0.1, -0.05) is 0 Å². The van der Waals surface area contributed by atoms with E-state index in [-0.39, 0.29) is 50.8 Å². The number of rotatable bonds is 11. The number of hydrogen-bond donors (Lipinski definition) is 4. The van der Waals surface area contributed by atoms with Crippen LogP contribution in [0.25, 0.3) is 0 Å². The molecule has 0 heterocycles. The summed E-state index contributed by atoms with van der Waals surface area (Å²) in [5, 5.41) is 34.5. The van der Waals surface area contributed by atoms with E-state index in [9.17, 15) is 19.2 Å². The quantitative estimate of drug-likeness (QED) is 0.299. The largest absolute Gasteiger partial charge is 0.480 e. The second-order valence-corrected chi connectivity index (χ2v) is 4.00. The third-order valence-electron chi connectivity index (χ3n) is 2.17. The first kappa shape index (κ1) is 22.3. The molecule has 0 aromatic carbocycles. The SMILES string of the molecule is O=C(O)CN(CCN(CC(=O)O)CC(=O)O)CC(=O)O.[Ca]. The summed E-state index contributed by atoms with van der Waals surface area (Å²) in [6.45, 7) is -2.25. The van der Waals surface area contributed by atoms with E-state index in [1.54, 1.807) is 0 Å². The summed E-state index contributed by atoms with van der Waals surface area (Å²) in [4.78, 5) is 44.4. The fourth-order valence-electron chi connectivity index (χ4n) is 1.48. The van der Waals surface area contributed by atoms with Gasteiger partial charge in [-0.25, -0.2) is 0 Å². The van der Waals surface area contributed by atoms with Gasteiger partial charge in [0.1, 0.15) is 0 Å². The molecule has 0 aromatic rings. The van der Waals surface area contributed by atoms with Crippen molar-refractivity contribution in [1.82, 2.24) is 9.80 Å². The molecule has 0 fully saturated rings.